The molecule has 2 fully saturated rings. The summed E-state index contributed by atoms with van der Waals surface area (Å²) in [7, 11) is -3.27. The van der Waals surface area contributed by atoms with Crippen molar-refractivity contribution in [1.82, 2.24) is 19.4 Å². The number of guanidine groups is 1. The lowest BCUT2D eigenvalue weighted by atomic mass is 10.3. The van der Waals surface area contributed by atoms with Crippen LogP contribution in [0.5, 0.6) is 0 Å². The van der Waals surface area contributed by atoms with Crippen molar-refractivity contribution in [3.05, 3.63) is 0 Å². The molecular formula is C20H41N5O4S. The van der Waals surface area contributed by atoms with Crippen LogP contribution in [0.3, 0.4) is 0 Å². The minimum absolute atomic E-state index is 0.0441. The van der Waals surface area contributed by atoms with Crippen LogP contribution in [-0.2, 0) is 19.5 Å². The van der Waals surface area contributed by atoms with Gasteiger partial charge < -0.3 is 19.7 Å². The second-order valence-corrected chi connectivity index (χ2v) is 10.1. The van der Waals surface area contributed by atoms with Crippen LogP contribution in [0.4, 0.5) is 0 Å². The summed E-state index contributed by atoms with van der Waals surface area (Å²) < 4.78 is 37.4. The fraction of sp³-hybridized carbons (Fsp3) is 0.950. The Morgan fingerprint density at radius 1 is 1.10 bits per heavy atom. The van der Waals surface area contributed by atoms with Crippen molar-refractivity contribution in [2.24, 2.45) is 4.99 Å². The van der Waals surface area contributed by atoms with E-state index >= 15 is 0 Å². The van der Waals surface area contributed by atoms with E-state index in [0.717, 1.165) is 64.7 Å². The summed E-state index contributed by atoms with van der Waals surface area (Å²) in [6.07, 6.45) is 2.23. The molecule has 30 heavy (non-hydrogen) atoms. The van der Waals surface area contributed by atoms with Crippen LogP contribution in [0.1, 0.15) is 33.6 Å². The molecule has 2 rings (SSSR count). The Hall–Kier alpha value is -0.940. The standard InChI is InChI=1S/C20H41N5O4S/c1-4-21-20(22-7-5-6-8-23-13-15-28-16-14-23)24-9-11-25(12-10-24)30(26,27)18-17-29-19(2)3/h19H,4-18H2,1-3H3,(H,21,22). The number of nitrogens with one attached hydrogen (secondary N) is 1. The van der Waals surface area contributed by atoms with Crippen molar-refractivity contribution in [3.8, 4) is 0 Å². The number of morpholine rings is 1. The van der Waals surface area contributed by atoms with Crippen LogP contribution >= 0.6 is 0 Å². The molecule has 1 N–H and O–H groups in total. The van der Waals surface area contributed by atoms with Gasteiger partial charge in [-0.25, -0.2) is 8.42 Å². The van der Waals surface area contributed by atoms with E-state index < -0.39 is 10.0 Å². The highest BCUT2D eigenvalue weighted by Crippen LogP contribution is 2.09. The van der Waals surface area contributed by atoms with Gasteiger partial charge in [-0.1, -0.05) is 0 Å². The number of rotatable bonds is 11. The van der Waals surface area contributed by atoms with Crippen LogP contribution < -0.4 is 5.32 Å². The highest BCUT2D eigenvalue weighted by molar-refractivity contribution is 7.89. The average molecular weight is 448 g/mol. The smallest absolute Gasteiger partial charge is 0.216 e. The van der Waals surface area contributed by atoms with Crippen LogP contribution in [-0.4, -0.2) is 119 Å². The van der Waals surface area contributed by atoms with Gasteiger partial charge >= 0.3 is 0 Å². The summed E-state index contributed by atoms with van der Waals surface area (Å²) in [6, 6.07) is 0. The van der Waals surface area contributed by atoms with Crippen LogP contribution in [0.25, 0.3) is 0 Å². The number of aliphatic imine (C=N–C) groups is 1. The molecule has 0 aliphatic carbocycles. The van der Waals surface area contributed by atoms with E-state index in [-0.39, 0.29) is 18.5 Å². The Labute approximate surface area is 182 Å². The molecule has 0 saturated carbocycles. The Kier molecular flexibility index (Phi) is 11.4. The quantitative estimate of drug-likeness (QED) is 0.279. The zero-order valence-electron chi connectivity index (χ0n) is 19.0. The van der Waals surface area contributed by atoms with Crippen LogP contribution in [0.2, 0.25) is 0 Å². The summed E-state index contributed by atoms with van der Waals surface area (Å²) in [5.41, 5.74) is 0. The number of sulfonamides is 1. The van der Waals surface area contributed by atoms with E-state index in [1.54, 1.807) is 4.31 Å². The van der Waals surface area contributed by atoms with E-state index in [0.29, 0.717) is 26.2 Å². The highest BCUT2D eigenvalue weighted by Gasteiger charge is 2.28. The molecule has 0 radical (unpaired) electrons. The monoisotopic (exact) mass is 447 g/mol. The summed E-state index contributed by atoms with van der Waals surface area (Å²) >= 11 is 0. The predicted molar refractivity (Wildman–Crippen MR) is 120 cm³/mol. The number of nitrogens with zero attached hydrogens (tertiary/aromatic N) is 4. The predicted octanol–water partition coefficient (Wildman–Crippen LogP) is 0.437. The minimum Gasteiger partial charge on any atom is -0.379 e. The van der Waals surface area contributed by atoms with Gasteiger partial charge in [0.15, 0.2) is 5.96 Å². The normalized spacial score (nSPS) is 20.1. The Bertz CT molecular complexity index is 600. The molecule has 2 aliphatic rings. The van der Waals surface area contributed by atoms with Crippen molar-refractivity contribution in [1.29, 1.82) is 0 Å². The van der Waals surface area contributed by atoms with E-state index in [9.17, 15) is 8.42 Å². The van der Waals surface area contributed by atoms with Gasteiger partial charge in [0.25, 0.3) is 0 Å². The molecule has 0 aromatic heterocycles. The molecule has 2 heterocycles. The molecule has 0 aromatic carbocycles. The second kappa shape index (κ2) is 13.5. The lowest BCUT2D eigenvalue weighted by Crippen LogP contribution is -2.54. The minimum atomic E-state index is -3.27. The molecule has 2 aliphatic heterocycles. The van der Waals surface area contributed by atoms with Crippen molar-refractivity contribution in [2.75, 3.05) is 84.5 Å². The maximum atomic E-state index is 12.5. The Morgan fingerprint density at radius 2 is 1.80 bits per heavy atom. The molecule has 0 atom stereocenters. The lowest BCUT2D eigenvalue weighted by Gasteiger charge is -2.36. The van der Waals surface area contributed by atoms with Gasteiger partial charge in [0.1, 0.15) is 0 Å². The van der Waals surface area contributed by atoms with E-state index in [1.807, 2.05) is 13.8 Å². The number of hydrogen-bond acceptors (Lipinski definition) is 6. The van der Waals surface area contributed by atoms with Gasteiger partial charge in [-0.15, -0.1) is 0 Å². The first-order valence-corrected chi connectivity index (χ1v) is 13.0. The van der Waals surface area contributed by atoms with Crippen LogP contribution in [0.15, 0.2) is 4.99 Å². The molecular weight excluding hydrogens is 406 g/mol. The van der Waals surface area contributed by atoms with Gasteiger partial charge in [0.2, 0.25) is 10.0 Å². The van der Waals surface area contributed by atoms with Crippen LogP contribution in [0, 0.1) is 0 Å². The van der Waals surface area contributed by atoms with Gasteiger partial charge in [-0.05, 0) is 40.2 Å². The maximum absolute atomic E-state index is 12.5. The van der Waals surface area contributed by atoms with Crippen molar-refractivity contribution >= 4 is 16.0 Å². The maximum Gasteiger partial charge on any atom is 0.216 e. The summed E-state index contributed by atoms with van der Waals surface area (Å²) in [5, 5.41) is 3.35. The largest absolute Gasteiger partial charge is 0.379 e. The molecule has 176 valence electrons. The fourth-order valence-corrected chi connectivity index (χ4v) is 4.86. The van der Waals surface area contributed by atoms with Crippen molar-refractivity contribution in [2.45, 2.75) is 39.7 Å². The Morgan fingerprint density at radius 3 is 2.43 bits per heavy atom. The third-order valence-corrected chi connectivity index (χ3v) is 7.14. The van der Waals surface area contributed by atoms with Crippen molar-refractivity contribution in [3.63, 3.8) is 0 Å². The molecule has 0 bridgehead atoms. The van der Waals surface area contributed by atoms with E-state index in [1.165, 1.54) is 0 Å². The van der Waals surface area contributed by atoms with E-state index in [4.69, 9.17) is 14.5 Å². The van der Waals surface area contributed by atoms with Crippen molar-refractivity contribution < 1.29 is 17.9 Å². The molecule has 0 spiro atoms. The number of unbranched alkanes of at least 4 members (excludes halogenated alkanes) is 1. The summed E-state index contributed by atoms with van der Waals surface area (Å²) in [6.45, 7) is 14.9. The first kappa shape index (κ1) is 25.3. The fourth-order valence-electron chi connectivity index (χ4n) is 3.58. The highest BCUT2D eigenvalue weighted by atomic mass is 32.2. The summed E-state index contributed by atoms with van der Waals surface area (Å²) in [4.78, 5) is 9.39. The van der Waals surface area contributed by atoms with Gasteiger partial charge in [-0.3, -0.25) is 9.89 Å². The molecule has 0 amide bonds. The Balaban J connectivity index is 1.73. The third kappa shape index (κ3) is 9.05. The number of ether oxygens (including phenoxy) is 2. The van der Waals surface area contributed by atoms with Gasteiger partial charge in [-0.2, -0.15) is 4.31 Å². The lowest BCUT2D eigenvalue weighted by molar-refractivity contribution is 0.0373. The zero-order chi connectivity index (χ0) is 21.8. The second-order valence-electron chi connectivity index (χ2n) is 8.02. The van der Waals surface area contributed by atoms with Gasteiger partial charge in [0, 0.05) is 52.4 Å². The average Bonchev–Trinajstić information content (AvgIpc) is 2.73. The molecule has 2 saturated heterocycles. The van der Waals surface area contributed by atoms with E-state index in [2.05, 4.69) is 22.0 Å². The zero-order valence-corrected chi connectivity index (χ0v) is 19.8. The molecule has 9 nitrogen and oxygen atoms in total. The number of piperazine rings is 1. The molecule has 0 aromatic rings. The third-order valence-electron chi connectivity index (χ3n) is 5.31. The summed E-state index contributed by atoms with van der Waals surface area (Å²) in [5.74, 6) is 0.937. The first-order chi connectivity index (χ1) is 14.4. The topological polar surface area (TPSA) is 86.7 Å². The molecule has 0 unspecified atom stereocenters. The van der Waals surface area contributed by atoms with Gasteiger partial charge in [0.05, 0.1) is 31.7 Å². The number of hydrogen-bond donors (Lipinski definition) is 1. The first-order valence-electron chi connectivity index (χ1n) is 11.3. The SMILES string of the molecule is CCNC(=NCCCCN1CCOCC1)N1CCN(S(=O)(=O)CCOC(C)C)CC1. The molecule has 10 heteroatoms.